The third-order valence-electron chi connectivity index (χ3n) is 3.55. The lowest BCUT2D eigenvalue weighted by Gasteiger charge is -2.25. The number of hydrogen-bond acceptors (Lipinski definition) is 6. The highest BCUT2D eigenvalue weighted by Gasteiger charge is 2.48. The summed E-state index contributed by atoms with van der Waals surface area (Å²) in [6.45, 7) is 2.00. The van der Waals surface area contributed by atoms with Gasteiger partial charge >= 0.3 is 13.1 Å². The summed E-state index contributed by atoms with van der Waals surface area (Å²) in [6.07, 6.45) is 1.36. The summed E-state index contributed by atoms with van der Waals surface area (Å²) >= 11 is 0. The summed E-state index contributed by atoms with van der Waals surface area (Å²) in [5, 5.41) is 26.8. The van der Waals surface area contributed by atoms with Gasteiger partial charge < -0.3 is 26.6 Å². The number of likely N-dealkylation sites (tertiary alicyclic amines) is 1. The first-order valence-electron chi connectivity index (χ1n) is 6.21. The smallest absolute Gasteiger partial charge is 0.451 e. The van der Waals surface area contributed by atoms with Crippen LogP contribution in [0.5, 0.6) is 0 Å². The Morgan fingerprint density at radius 2 is 2.17 bits per heavy atom. The first kappa shape index (κ1) is 15.4. The van der Waals surface area contributed by atoms with Crippen LogP contribution in [-0.4, -0.2) is 64.9 Å². The molecule has 0 radical (unpaired) electrons. The lowest BCUT2D eigenvalue weighted by atomic mass is 9.78. The first-order chi connectivity index (χ1) is 8.40. The molecule has 1 heterocycles. The zero-order valence-electron chi connectivity index (χ0n) is 10.5. The summed E-state index contributed by atoms with van der Waals surface area (Å²) < 4.78 is 0. The SMILES string of the molecule is NCCN1CC(CCCB(O)O)[C@](N)(C(=O)O)C1. The summed E-state index contributed by atoms with van der Waals surface area (Å²) in [6, 6.07) is 0. The maximum absolute atomic E-state index is 11.3. The average Bonchev–Trinajstić information content (AvgIpc) is 2.57. The minimum Gasteiger partial charge on any atom is -0.480 e. The van der Waals surface area contributed by atoms with Crippen molar-refractivity contribution in [3.8, 4) is 0 Å². The van der Waals surface area contributed by atoms with Gasteiger partial charge in [0, 0.05) is 32.1 Å². The van der Waals surface area contributed by atoms with Gasteiger partial charge in [0.1, 0.15) is 5.54 Å². The minimum atomic E-state index is -1.34. The predicted molar refractivity (Wildman–Crippen MR) is 67.8 cm³/mol. The highest BCUT2D eigenvalue weighted by molar-refractivity contribution is 6.40. The van der Waals surface area contributed by atoms with E-state index in [1.165, 1.54) is 0 Å². The summed E-state index contributed by atoms with van der Waals surface area (Å²) in [5.41, 5.74) is 10.2. The molecule has 0 saturated carbocycles. The molecule has 1 unspecified atom stereocenters. The van der Waals surface area contributed by atoms with Gasteiger partial charge in [-0.2, -0.15) is 0 Å². The van der Waals surface area contributed by atoms with Gasteiger partial charge in [-0.05, 0) is 12.7 Å². The number of nitrogens with zero attached hydrogens (tertiary/aromatic N) is 1. The Hall–Kier alpha value is -0.665. The molecule has 0 spiro atoms. The fourth-order valence-corrected chi connectivity index (χ4v) is 2.53. The molecule has 0 amide bonds. The zero-order valence-corrected chi connectivity index (χ0v) is 10.5. The third kappa shape index (κ3) is 3.66. The lowest BCUT2D eigenvalue weighted by Crippen LogP contribution is -2.54. The highest BCUT2D eigenvalue weighted by Crippen LogP contribution is 2.30. The van der Waals surface area contributed by atoms with Crippen molar-refractivity contribution in [3.05, 3.63) is 0 Å². The van der Waals surface area contributed by atoms with E-state index < -0.39 is 18.6 Å². The monoisotopic (exact) mass is 259 g/mol. The van der Waals surface area contributed by atoms with E-state index in [1.807, 2.05) is 4.90 Å². The molecule has 0 bridgehead atoms. The van der Waals surface area contributed by atoms with E-state index in [1.54, 1.807) is 0 Å². The van der Waals surface area contributed by atoms with Crippen LogP contribution in [0.2, 0.25) is 6.32 Å². The van der Waals surface area contributed by atoms with Crippen LogP contribution >= 0.6 is 0 Å². The number of carbonyl (C=O) groups is 1. The van der Waals surface area contributed by atoms with Crippen LogP contribution in [0, 0.1) is 5.92 Å². The van der Waals surface area contributed by atoms with Gasteiger partial charge in [-0.1, -0.05) is 6.42 Å². The Morgan fingerprint density at radius 3 is 2.67 bits per heavy atom. The van der Waals surface area contributed by atoms with Crippen molar-refractivity contribution in [2.45, 2.75) is 24.7 Å². The second kappa shape index (κ2) is 6.49. The number of rotatable bonds is 7. The van der Waals surface area contributed by atoms with E-state index in [9.17, 15) is 9.90 Å². The number of aliphatic carboxylic acids is 1. The molecule has 0 aromatic heterocycles. The van der Waals surface area contributed by atoms with Crippen LogP contribution in [0.4, 0.5) is 0 Å². The van der Waals surface area contributed by atoms with Crippen LogP contribution in [0.15, 0.2) is 0 Å². The van der Waals surface area contributed by atoms with Crippen molar-refractivity contribution in [3.63, 3.8) is 0 Å². The lowest BCUT2D eigenvalue weighted by molar-refractivity contribution is -0.144. The molecule has 8 heteroatoms. The number of nitrogens with two attached hydrogens (primary N) is 2. The van der Waals surface area contributed by atoms with Gasteiger partial charge in [-0.15, -0.1) is 0 Å². The van der Waals surface area contributed by atoms with E-state index in [2.05, 4.69) is 0 Å². The second-order valence-electron chi connectivity index (χ2n) is 4.98. The molecule has 7 nitrogen and oxygen atoms in total. The fourth-order valence-electron chi connectivity index (χ4n) is 2.53. The number of carboxylic acid groups (broad SMARTS) is 1. The number of hydrogen-bond donors (Lipinski definition) is 5. The van der Waals surface area contributed by atoms with Crippen molar-refractivity contribution >= 4 is 13.1 Å². The van der Waals surface area contributed by atoms with Gasteiger partial charge in [0.2, 0.25) is 0 Å². The van der Waals surface area contributed by atoms with Crippen LogP contribution in [0.25, 0.3) is 0 Å². The van der Waals surface area contributed by atoms with E-state index >= 15 is 0 Å². The van der Waals surface area contributed by atoms with Crippen molar-refractivity contribution in [1.29, 1.82) is 0 Å². The molecule has 2 atom stereocenters. The molecular weight excluding hydrogens is 237 g/mol. The molecule has 7 N–H and O–H groups in total. The normalized spacial score (nSPS) is 28.6. The van der Waals surface area contributed by atoms with Crippen LogP contribution in [0.1, 0.15) is 12.8 Å². The highest BCUT2D eigenvalue weighted by atomic mass is 16.4. The average molecular weight is 259 g/mol. The quantitative estimate of drug-likeness (QED) is 0.331. The van der Waals surface area contributed by atoms with Gasteiger partial charge in [-0.3, -0.25) is 9.69 Å². The molecule has 0 aromatic carbocycles. The molecule has 0 aliphatic carbocycles. The Labute approximate surface area is 107 Å². The molecule has 18 heavy (non-hydrogen) atoms. The standard InChI is InChI=1S/C10H22BN3O4/c12-4-5-14-6-8(2-1-3-11(17)18)10(13,7-14)9(15)16/h8,17-18H,1-7,12-13H2,(H,15,16)/t8?,10-/m0/s1. The molecule has 1 aliphatic heterocycles. The molecular formula is C10H22BN3O4. The second-order valence-corrected chi connectivity index (χ2v) is 4.98. The van der Waals surface area contributed by atoms with Gasteiger partial charge in [0.25, 0.3) is 0 Å². The third-order valence-corrected chi connectivity index (χ3v) is 3.55. The molecule has 1 fully saturated rings. The van der Waals surface area contributed by atoms with Crippen molar-refractivity contribution in [1.82, 2.24) is 4.90 Å². The molecule has 104 valence electrons. The van der Waals surface area contributed by atoms with Crippen molar-refractivity contribution in [2.24, 2.45) is 17.4 Å². The topological polar surface area (TPSA) is 133 Å². The Kier molecular flexibility index (Phi) is 5.55. The van der Waals surface area contributed by atoms with E-state index in [4.69, 9.17) is 21.5 Å². The summed E-state index contributed by atoms with van der Waals surface area (Å²) in [7, 11) is -1.34. The molecule has 1 rings (SSSR count). The van der Waals surface area contributed by atoms with Crippen LogP contribution < -0.4 is 11.5 Å². The molecule has 1 aliphatic rings. The van der Waals surface area contributed by atoms with E-state index in [0.29, 0.717) is 39.0 Å². The van der Waals surface area contributed by atoms with Gasteiger partial charge in [0.15, 0.2) is 0 Å². The maximum atomic E-state index is 11.3. The van der Waals surface area contributed by atoms with Crippen molar-refractivity contribution in [2.75, 3.05) is 26.2 Å². The minimum absolute atomic E-state index is 0.180. The Morgan fingerprint density at radius 1 is 1.50 bits per heavy atom. The maximum Gasteiger partial charge on any atom is 0.451 e. The largest absolute Gasteiger partial charge is 0.480 e. The van der Waals surface area contributed by atoms with Crippen molar-refractivity contribution < 1.29 is 19.9 Å². The van der Waals surface area contributed by atoms with Gasteiger partial charge in [0.05, 0.1) is 0 Å². The zero-order chi connectivity index (χ0) is 13.8. The fraction of sp³-hybridized carbons (Fsp3) is 0.900. The summed E-state index contributed by atoms with van der Waals surface area (Å²) in [5.74, 6) is -1.18. The molecule has 0 aromatic rings. The predicted octanol–water partition coefficient (Wildman–Crippen LogP) is -2.09. The van der Waals surface area contributed by atoms with E-state index in [-0.39, 0.29) is 12.2 Å². The van der Waals surface area contributed by atoms with E-state index in [0.717, 1.165) is 0 Å². The Bertz CT molecular complexity index is 292. The van der Waals surface area contributed by atoms with Crippen LogP contribution in [0.3, 0.4) is 0 Å². The van der Waals surface area contributed by atoms with Gasteiger partial charge in [-0.25, -0.2) is 0 Å². The first-order valence-corrected chi connectivity index (χ1v) is 6.21. The van der Waals surface area contributed by atoms with Crippen LogP contribution in [-0.2, 0) is 4.79 Å². The number of carboxylic acids is 1. The Balaban J connectivity index is 2.58. The summed E-state index contributed by atoms with van der Waals surface area (Å²) in [4.78, 5) is 13.3. The molecule has 1 saturated heterocycles.